The van der Waals surface area contributed by atoms with Gasteiger partial charge in [0.2, 0.25) is 0 Å². The van der Waals surface area contributed by atoms with Crippen LogP contribution in [-0.2, 0) is 6.61 Å². The van der Waals surface area contributed by atoms with Gasteiger partial charge in [-0.25, -0.2) is 0 Å². The Kier molecular flexibility index (Phi) is 3.99. The molecule has 0 atom stereocenters. The van der Waals surface area contributed by atoms with Gasteiger partial charge in [-0.1, -0.05) is 18.2 Å². The number of ether oxygens (including phenoxy) is 1. The molecule has 0 amide bonds. The minimum Gasteiger partial charge on any atom is -0.489 e. The second-order valence-corrected chi connectivity index (χ2v) is 4.68. The number of hydrogen-bond acceptors (Lipinski definition) is 2. The van der Waals surface area contributed by atoms with Crippen molar-refractivity contribution in [3.63, 3.8) is 0 Å². The van der Waals surface area contributed by atoms with E-state index in [2.05, 4.69) is 34.7 Å². The largest absolute Gasteiger partial charge is 0.489 e. The number of nitrogens with zero attached hydrogens (tertiary/aromatic N) is 1. The Morgan fingerprint density at radius 2 is 1.76 bits per heavy atom. The first-order chi connectivity index (χ1) is 8.29. The minimum absolute atomic E-state index is 0.547. The van der Waals surface area contributed by atoms with Crippen LogP contribution in [0.5, 0.6) is 5.75 Å². The average molecular weight is 335 g/mol. The summed E-state index contributed by atoms with van der Waals surface area (Å²) in [6, 6.07) is 17.3. The Bertz CT molecular complexity index is 543. The smallest absolute Gasteiger partial charge is 0.119 e. The molecular weight excluding hydrogens is 325 g/mol. The van der Waals surface area contributed by atoms with Crippen LogP contribution in [-0.4, -0.2) is 0 Å². The zero-order chi connectivity index (χ0) is 12.1. The summed E-state index contributed by atoms with van der Waals surface area (Å²) in [5.74, 6) is 0.781. The van der Waals surface area contributed by atoms with E-state index in [4.69, 9.17) is 10.00 Å². The molecule has 0 saturated heterocycles. The molecule has 0 saturated carbocycles. The predicted molar refractivity (Wildman–Crippen MR) is 74.6 cm³/mol. The summed E-state index contributed by atoms with van der Waals surface area (Å²) in [7, 11) is 0. The lowest BCUT2D eigenvalue weighted by molar-refractivity contribution is 0.305. The average Bonchev–Trinajstić information content (AvgIpc) is 2.38. The third-order valence-electron chi connectivity index (χ3n) is 2.34. The maximum atomic E-state index is 8.68. The number of hydrogen-bond donors (Lipinski definition) is 0. The van der Waals surface area contributed by atoms with Gasteiger partial charge >= 0.3 is 0 Å². The lowest BCUT2D eigenvalue weighted by Gasteiger charge is -2.07. The van der Waals surface area contributed by atoms with Gasteiger partial charge in [0.05, 0.1) is 11.6 Å². The number of halogens is 1. The van der Waals surface area contributed by atoms with Crippen LogP contribution in [0.1, 0.15) is 11.1 Å². The van der Waals surface area contributed by atoms with Crippen LogP contribution >= 0.6 is 22.6 Å². The van der Waals surface area contributed by atoms with E-state index < -0.39 is 0 Å². The fraction of sp³-hybridized carbons (Fsp3) is 0.0714. The highest BCUT2D eigenvalue weighted by Gasteiger charge is 2.00. The molecule has 2 aromatic rings. The number of rotatable bonds is 3. The summed E-state index contributed by atoms with van der Waals surface area (Å²) >= 11 is 2.29. The van der Waals surface area contributed by atoms with Crippen molar-refractivity contribution < 1.29 is 4.74 Å². The summed E-state index contributed by atoms with van der Waals surface area (Å²) in [4.78, 5) is 0. The fourth-order valence-corrected chi connectivity index (χ4v) is 1.95. The standard InChI is InChI=1S/C14H10INO/c15-14-4-2-1-3-12(14)10-17-13-7-5-11(9-16)6-8-13/h1-8H,10H2. The second kappa shape index (κ2) is 5.69. The van der Waals surface area contributed by atoms with Gasteiger partial charge in [0.15, 0.2) is 0 Å². The SMILES string of the molecule is N#Cc1ccc(OCc2ccccc2I)cc1. The van der Waals surface area contributed by atoms with Crippen molar-refractivity contribution in [1.82, 2.24) is 0 Å². The van der Waals surface area contributed by atoms with Crippen molar-refractivity contribution in [2.75, 3.05) is 0 Å². The van der Waals surface area contributed by atoms with Gasteiger partial charge in [0, 0.05) is 9.13 Å². The maximum absolute atomic E-state index is 8.68. The molecule has 0 unspecified atom stereocenters. The Labute approximate surface area is 114 Å². The zero-order valence-electron chi connectivity index (χ0n) is 9.06. The van der Waals surface area contributed by atoms with E-state index in [9.17, 15) is 0 Å². The van der Waals surface area contributed by atoms with Gasteiger partial charge in [-0.15, -0.1) is 0 Å². The second-order valence-electron chi connectivity index (χ2n) is 3.52. The molecule has 0 aliphatic rings. The van der Waals surface area contributed by atoms with E-state index >= 15 is 0 Å². The molecule has 0 heterocycles. The van der Waals surface area contributed by atoms with Gasteiger partial charge in [-0.3, -0.25) is 0 Å². The monoisotopic (exact) mass is 335 g/mol. The Hall–Kier alpha value is -1.54. The van der Waals surface area contributed by atoms with E-state index in [0.717, 1.165) is 11.3 Å². The molecule has 0 aromatic heterocycles. The molecule has 0 spiro atoms. The van der Waals surface area contributed by atoms with E-state index in [-0.39, 0.29) is 0 Å². The Morgan fingerprint density at radius 3 is 2.41 bits per heavy atom. The van der Waals surface area contributed by atoms with Crippen molar-refractivity contribution >= 4 is 22.6 Å². The summed E-state index contributed by atoms with van der Waals surface area (Å²) in [5.41, 5.74) is 1.81. The lowest BCUT2D eigenvalue weighted by atomic mass is 10.2. The van der Waals surface area contributed by atoms with Crippen LogP contribution in [0.3, 0.4) is 0 Å². The first-order valence-electron chi connectivity index (χ1n) is 5.16. The quantitative estimate of drug-likeness (QED) is 0.801. The molecule has 0 N–H and O–H groups in total. The molecule has 17 heavy (non-hydrogen) atoms. The molecule has 3 heteroatoms. The van der Waals surface area contributed by atoms with Crippen molar-refractivity contribution in [1.29, 1.82) is 5.26 Å². The molecular formula is C14H10INO. The van der Waals surface area contributed by atoms with Crippen LogP contribution in [0, 0.1) is 14.9 Å². The molecule has 2 rings (SSSR count). The maximum Gasteiger partial charge on any atom is 0.119 e. The van der Waals surface area contributed by atoms with Gasteiger partial charge in [0.1, 0.15) is 12.4 Å². The number of benzene rings is 2. The van der Waals surface area contributed by atoms with Gasteiger partial charge < -0.3 is 4.74 Å². The predicted octanol–water partition coefficient (Wildman–Crippen LogP) is 3.74. The first-order valence-corrected chi connectivity index (χ1v) is 6.24. The van der Waals surface area contributed by atoms with E-state index in [0.29, 0.717) is 12.2 Å². The van der Waals surface area contributed by atoms with E-state index in [1.807, 2.05) is 30.3 Å². The highest BCUT2D eigenvalue weighted by Crippen LogP contribution is 2.16. The molecule has 84 valence electrons. The van der Waals surface area contributed by atoms with Crippen LogP contribution in [0.2, 0.25) is 0 Å². The molecule has 0 aliphatic carbocycles. The van der Waals surface area contributed by atoms with Crippen LogP contribution < -0.4 is 4.74 Å². The van der Waals surface area contributed by atoms with Crippen LogP contribution in [0.4, 0.5) is 0 Å². The highest BCUT2D eigenvalue weighted by molar-refractivity contribution is 14.1. The highest BCUT2D eigenvalue weighted by atomic mass is 127. The van der Waals surface area contributed by atoms with E-state index in [1.165, 1.54) is 3.57 Å². The van der Waals surface area contributed by atoms with Crippen molar-refractivity contribution in [3.8, 4) is 11.8 Å². The normalized spacial score (nSPS) is 9.65. The van der Waals surface area contributed by atoms with Crippen LogP contribution in [0.25, 0.3) is 0 Å². The molecule has 0 radical (unpaired) electrons. The first kappa shape index (κ1) is 11.9. The van der Waals surface area contributed by atoms with Crippen molar-refractivity contribution in [2.24, 2.45) is 0 Å². The molecule has 0 aliphatic heterocycles. The van der Waals surface area contributed by atoms with Gasteiger partial charge in [0.25, 0.3) is 0 Å². The minimum atomic E-state index is 0.547. The summed E-state index contributed by atoms with van der Waals surface area (Å²) in [6.07, 6.45) is 0. The van der Waals surface area contributed by atoms with Gasteiger partial charge in [-0.2, -0.15) is 5.26 Å². The zero-order valence-corrected chi connectivity index (χ0v) is 11.2. The van der Waals surface area contributed by atoms with E-state index in [1.54, 1.807) is 12.1 Å². The molecule has 2 aromatic carbocycles. The van der Waals surface area contributed by atoms with Crippen molar-refractivity contribution in [2.45, 2.75) is 6.61 Å². The van der Waals surface area contributed by atoms with Crippen molar-refractivity contribution in [3.05, 3.63) is 63.2 Å². The Balaban J connectivity index is 2.03. The summed E-state index contributed by atoms with van der Waals surface area (Å²) in [5, 5.41) is 8.68. The molecule has 2 nitrogen and oxygen atoms in total. The Morgan fingerprint density at radius 1 is 1.06 bits per heavy atom. The summed E-state index contributed by atoms with van der Waals surface area (Å²) in [6.45, 7) is 0.547. The van der Waals surface area contributed by atoms with Gasteiger partial charge in [-0.05, 0) is 52.9 Å². The fourth-order valence-electron chi connectivity index (χ4n) is 1.40. The van der Waals surface area contributed by atoms with Crippen LogP contribution in [0.15, 0.2) is 48.5 Å². The lowest BCUT2D eigenvalue weighted by Crippen LogP contribution is -1.97. The topological polar surface area (TPSA) is 33.0 Å². The summed E-state index contributed by atoms with van der Waals surface area (Å²) < 4.78 is 6.85. The number of nitriles is 1. The molecule has 0 bridgehead atoms. The third kappa shape index (κ3) is 3.21. The third-order valence-corrected chi connectivity index (χ3v) is 3.39. The molecule has 0 fully saturated rings.